The summed E-state index contributed by atoms with van der Waals surface area (Å²) < 4.78 is 18.9. The molecule has 1 fully saturated rings. The molecule has 1 amide bonds. The predicted molar refractivity (Wildman–Crippen MR) is 137 cm³/mol. The Morgan fingerprint density at radius 1 is 1.06 bits per heavy atom. The molecule has 0 radical (unpaired) electrons. The SMILES string of the molecule is COc1ccc(OCCCCn2c(CCCCCNC(=O)C3CCCO3)nc3ccccc32)cc1. The van der Waals surface area contributed by atoms with E-state index in [2.05, 4.69) is 28.1 Å². The predicted octanol–water partition coefficient (Wildman–Crippen LogP) is 4.91. The number of ether oxygens (including phenoxy) is 3. The number of rotatable bonds is 14. The Bertz CT molecular complexity index is 1060. The zero-order chi connectivity index (χ0) is 24.3. The molecule has 188 valence electrons. The lowest BCUT2D eigenvalue weighted by molar-refractivity contribution is -0.130. The molecule has 4 rings (SSSR count). The second kappa shape index (κ2) is 13.1. The second-order valence-corrected chi connectivity index (χ2v) is 9.00. The normalized spacial score (nSPS) is 15.4. The number of aromatic nitrogens is 2. The van der Waals surface area contributed by atoms with Gasteiger partial charge in [0.05, 0.1) is 24.8 Å². The first kappa shape index (κ1) is 25.0. The number of para-hydroxylation sites is 2. The van der Waals surface area contributed by atoms with Crippen molar-refractivity contribution in [3.63, 3.8) is 0 Å². The highest BCUT2D eigenvalue weighted by Crippen LogP contribution is 2.20. The van der Waals surface area contributed by atoms with Crippen molar-refractivity contribution in [2.24, 2.45) is 0 Å². The summed E-state index contributed by atoms with van der Waals surface area (Å²) in [7, 11) is 1.66. The molecule has 1 aliphatic heterocycles. The fourth-order valence-electron chi connectivity index (χ4n) is 4.49. The molecule has 1 aliphatic rings. The highest BCUT2D eigenvalue weighted by molar-refractivity contribution is 5.80. The minimum atomic E-state index is -0.239. The van der Waals surface area contributed by atoms with Gasteiger partial charge in [-0.3, -0.25) is 4.79 Å². The monoisotopic (exact) mass is 479 g/mol. The van der Waals surface area contributed by atoms with Crippen LogP contribution in [-0.2, 0) is 22.5 Å². The minimum absolute atomic E-state index is 0.0419. The summed E-state index contributed by atoms with van der Waals surface area (Å²) in [6.07, 6.45) is 7.62. The fourth-order valence-corrected chi connectivity index (χ4v) is 4.49. The molecular weight excluding hydrogens is 442 g/mol. The Morgan fingerprint density at radius 3 is 2.69 bits per heavy atom. The average molecular weight is 480 g/mol. The number of nitrogens with zero attached hydrogens (tertiary/aromatic N) is 2. The van der Waals surface area contributed by atoms with Gasteiger partial charge < -0.3 is 24.1 Å². The fraction of sp³-hybridized carbons (Fsp3) is 0.500. The summed E-state index contributed by atoms with van der Waals surface area (Å²) in [4.78, 5) is 16.9. The number of nitrogens with one attached hydrogen (secondary N) is 1. The van der Waals surface area contributed by atoms with E-state index in [4.69, 9.17) is 19.2 Å². The zero-order valence-electron chi connectivity index (χ0n) is 20.7. The van der Waals surface area contributed by atoms with Gasteiger partial charge in [0.15, 0.2) is 0 Å². The van der Waals surface area contributed by atoms with Crippen LogP contribution in [0.3, 0.4) is 0 Å². The van der Waals surface area contributed by atoms with Gasteiger partial charge in [-0.1, -0.05) is 18.6 Å². The number of hydrogen-bond donors (Lipinski definition) is 1. The number of imidazole rings is 1. The van der Waals surface area contributed by atoms with E-state index in [-0.39, 0.29) is 12.0 Å². The number of fused-ring (bicyclic) bond motifs is 1. The van der Waals surface area contributed by atoms with Crippen molar-refractivity contribution < 1.29 is 19.0 Å². The number of aryl methyl sites for hydroxylation is 2. The highest BCUT2D eigenvalue weighted by Gasteiger charge is 2.22. The van der Waals surface area contributed by atoms with Gasteiger partial charge >= 0.3 is 0 Å². The van der Waals surface area contributed by atoms with Crippen LogP contribution in [0.25, 0.3) is 11.0 Å². The maximum Gasteiger partial charge on any atom is 0.249 e. The summed E-state index contributed by atoms with van der Waals surface area (Å²) >= 11 is 0. The van der Waals surface area contributed by atoms with Crippen LogP contribution in [0.5, 0.6) is 11.5 Å². The van der Waals surface area contributed by atoms with Crippen LogP contribution in [0.2, 0.25) is 0 Å². The Balaban J connectivity index is 1.20. The molecule has 7 heteroatoms. The molecular formula is C28H37N3O4. The van der Waals surface area contributed by atoms with Crippen molar-refractivity contribution in [2.75, 3.05) is 26.9 Å². The molecule has 1 aromatic heterocycles. The van der Waals surface area contributed by atoms with Gasteiger partial charge in [0.2, 0.25) is 5.91 Å². The third-order valence-corrected chi connectivity index (χ3v) is 6.44. The molecule has 3 aromatic rings. The van der Waals surface area contributed by atoms with Gasteiger partial charge in [0, 0.05) is 26.1 Å². The molecule has 7 nitrogen and oxygen atoms in total. The topological polar surface area (TPSA) is 74.6 Å². The summed E-state index contributed by atoms with van der Waals surface area (Å²) in [6.45, 7) is 3.03. The number of unbranched alkanes of at least 4 members (excludes halogenated alkanes) is 3. The molecule has 0 bridgehead atoms. The van der Waals surface area contributed by atoms with Crippen molar-refractivity contribution in [1.29, 1.82) is 0 Å². The third kappa shape index (κ3) is 7.21. The summed E-state index contributed by atoms with van der Waals surface area (Å²) in [5.74, 6) is 2.89. The van der Waals surface area contributed by atoms with E-state index in [0.29, 0.717) is 19.8 Å². The van der Waals surface area contributed by atoms with Crippen LogP contribution in [0.15, 0.2) is 48.5 Å². The molecule has 1 N–H and O–H groups in total. The molecule has 35 heavy (non-hydrogen) atoms. The van der Waals surface area contributed by atoms with Crippen molar-refractivity contribution >= 4 is 16.9 Å². The Kier molecular flexibility index (Phi) is 9.40. The first-order valence-corrected chi connectivity index (χ1v) is 12.8. The van der Waals surface area contributed by atoms with Crippen molar-refractivity contribution in [3.8, 4) is 11.5 Å². The van der Waals surface area contributed by atoms with Crippen LogP contribution in [0, 0.1) is 0 Å². The van der Waals surface area contributed by atoms with Crippen molar-refractivity contribution in [3.05, 3.63) is 54.4 Å². The van der Waals surface area contributed by atoms with Gasteiger partial charge in [-0.2, -0.15) is 0 Å². The van der Waals surface area contributed by atoms with Crippen LogP contribution in [-0.4, -0.2) is 48.4 Å². The van der Waals surface area contributed by atoms with Crippen molar-refractivity contribution in [1.82, 2.24) is 14.9 Å². The number of carbonyl (C=O) groups is 1. The number of benzene rings is 2. The lowest BCUT2D eigenvalue weighted by Gasteiger charge is -2.11. The van der Waals surface area contributed by atoms with Crippen molar-refractivity contribution in [2.45, 2.75) is 64.0 Å². The molecule has 1 saturated heterocycles. The summed E-state index contributed by atoms with van der Waals surface area (Å²) in [5.41, 5.74) is 2.25. The van der Waals surface area contributed by atoms with E-state index in [1.165, 1.54) is 5.52 Å². The zero-order valence-corrected chi connectivity index (χ0v) is 20.7. The summed E-state index contributed by atoms with van der Waals surface area (Å²) in [5, 5.41) is 3.01. The quantitative estimate of drug-likeness (QED) is 0.333. The number of hydrogen-bond acceptors (Lipinski definition) is 5. The molecule has 0 saturated carbocycles. The Morgan fingerprint density at radius 2 is 1.89 bits per heavy atom. The largest absolute Gasteiger partial charge is 0.497 e. The molecule has 1 unspecified atom stereocenters. The highest BCUT2D eigenvalue weighted by atomic mass is 16.5. The third-order valence-electron chi connectivity index (χ3n) is 6.44. The van der Waals surface area contributed by atoms with E-state index in [1.54, 1.807) is 7.11 Å². The molecule has 2 heterocycles. The minimum Gasteiger partial charge on any atom is -0.497 e. The van der Waals surface area contributed by atoms with Gasteiger partial charge in [0.25, 0.3) is 0 Å². The second-order valence-electron chi connectivity index (χ2n) is 9.00. The Labute approximate surface area is 207 Å². The molecule has 2 aromatic carbocycles. The lowest BCUT2D eigenvalue weighted by atomic mass is 10.1. The molecule has 0 spiro atoms. The standard InChI is InChI=1S/C28H37N3O4/c1-33-22-14-16-23(17-15-22)34-20-8-7-19-31-25-11-5-4-10-24(25)30-27(31)13-3-2-6-18-29-28(32)26-12-9-21-35-26/h4-5,10-11,14-17,26H,2-3,6-9,12-13,18-21H2,1H3,(H,29,32). The number of carbonyl (C=O) groups excluding carboxylic acids is 1. The van der Waals surface area contributed by atoms with Gasteiger partial charge in [0.1, 0.15) is 23.4 Å². The average Bonchev–Trinajstić information content (AvgIpc) is 3.55. The van der Waals surface area contributed by atoms with Gasteiger partial charge in [-0.25, -0.2) is 4.98 Å². The number of methoxy groups -OCH3 is 1. The van der Waals surface area contributed by atoms with Gasteiger partial charge in [-0.05, 0) is 74.9 Å². The van der Waals surface area contributed by atoms with E-state index in [9.17, 15) is 4.79 Å². The van der Waals surface area contributed by atoms with E-state index >= 15 is 0 Å². The van der Waals surface area contributed by atoms with Crippen LogP contribution < -0.4 is 14.8 Å². The molecule has 0 aliphatic carbocycles. The number of amides is 1. The van der Waals surface area contributed by atoms with E-state index in [1.807, 2.05) is 30.3 Å². The van der Waals surface area contributed by atoms with E-state index < -0.39 is 0 Å². The van der Waals surface area contributed by atoms with Crippen LogP contribution in [0.4, 0.5) is 0 Å². The maximum atomic E-state index is 12.0. The van der Waals surface area contributed by atoms with Crippen LogP contribution in [0.1, 0.15) is 50.8 Å². The first-order valence-electron chi connectivity index (χ1n) is 12.8. The lowest BCUT2D eigenvalue weighted by Crippen LogP contribution is -2.34. The maximum absolute atomic E-state index is 12.0. The molecule has 1 atom stereocenters. The van der Waals surface area contributed by atoms with Crippen LogP contribution >= 0.6 is 0 Å². The summed E-state index contributed by atoms with van der Waals surface area (Å²) in [6, 6.07) is 16.1. The Hall–Kier alpha value is -3.06. The van der Waals surface area contributed by atoms with Gasteiger partial charge in [-0.15, -0.1) is 0 Å². The first-order chi connectivity index (χ1) is 17.2. The van der Waals surface area contributed by atoms with E-state index in [0.717, 1.165) is 80.8 Å². The smallest absolute Gasteiger partial charge is 0.249 e.